The van der Waals surface area contributed by atoms with Gasteiger partial charge in [0.1, 0.15) is 6.61 Å². The summed E-state index contributed by atoms with van der Waals surface area (Å²) >= 11 is 0. The summed E-state index contributed by atoms with van der Waals surface area (Å²) in [6.07, 6.45) is 1.07. The van der Waals surface area contributed by atoms with Crippen LogP contribution in [0.3, 0.4) is 0 Å². The van der Waals surface area contributed by atoms with Crippen molar-refractivity contribution in [3.63, 3.8) is 0 Å². The summed E-state index contributed by atoms with van der Waals surface area (Å²) in [6, 6.07) is 16.9. The number of nitrogens with one attached hydrogen (secondary N) is 1. The molecule has 0 aliphatic rings. The van der Waals surface area contributed by atoms with Crippen molar-refractivity contribution in [1.29, 1.82) is 0 Å². The molecule has 1 N–H and O–H groups in total. The third kappa shape index (κ3) is 4.28. The highest BCUT2D eigenvalue weighted by atomic mass is 16.5. The highest BCUT2D eigenvalue weighted by molar-refractivity contribution is 5.84. The Morgan fingerprint density at radius 2 is 1.74 bits per heavy atom. The lowest BCUT2D eigenvalue weighted by molar-refractivity contribution is 0.154. The smallest absolute Gasteiger partial charge is 0.411 e. The summed E-state index contributed by atoms with van der Waals surface area (Å²) in [7, 11) is 1.77. The van der Waals surface area contributed by atoms with Crippen LogP contribution in [0.25, 0.3) is 5.69 Å². The van der Waals surface area contributed by atoms with Gasteiger partial charge in [0.05, 0.1) is 11.3 Å². The summed E-state index contributed by atoms with van der Waals surface area (Å²) in [4.78, 5) is 24.6. The predicted octanol–water partition coefficient (Wildman–Crippen LogP) is 4.05. The van der Waals surface area contributed by atoms with Crippen molar-refractivity contribution in [2.75, 3.05) is 5.32 Å². The van der Waals surface area contributed by atoms with Gasteiger partial charge in [-0.2, -0.15) is 0 Å². The SMILES string of the molecule is CC(C)c1ccc(NC(=O)OCc2cn(C)n(-c3ccccc3)c2=O)cc1. The molecular weight excluding hydrogens is 342 g/mol. The molecule has 1 amide bonds. The lowest BCUT2D eigenvalue weighted by atomic mass is 10.0. The van der Waals surface area contributed by atoms with E-state index in [9.17, 15) is 9.59 Å². The minimum absolute atomic E-state index is 0.0948. The molecule has 3 rings (SSSR count). The molecule has 0 unspecified atom stereocenters. The van der Waals surface area contributed by atoms with Crippen LogP contribution in [-0.4, -0.2) is 15.5 Å². The molecule has 6 heteroatoms. The molecule has 1 heterocycles. The number of ether oxygens (including phenoxy) is 1. The second-order valence-corrected chi connectivity index (χ2v) is 6.66. The molecule has 0 spiro atoms. The van der Waals surface area contributed by atoms with Crippen LogP contribution >= 0.6 is 0 Å². The largest absolute Gasteiger partial charge is 0.444 e. The fourth-order valence-electron chi connectivity index (χ4n) is 2.83. The molecule has 27 heavy (non-hydrogen) atoms. The van der Waals surface area contributed by atoms with E-state index in [0.29, 0.717) is 17.2 Å². The van der Waals surface area contributed by atoms with Crippen LogP contribution in [0.15, 0.2) is 65.6 Å². The Labute approximate surface area is 158 Å². The van der Waals surface area contributed by atoms with E-state index < -0.39 is 6.09 Å². The van der Waals surface area contributed by atoms with Gasteiger partial charge < -0.3 is 4.74 Å². The monoisotopic (exact) mass is 365 g/mol. The van der Waals surface area contributed by atoms with Gasteiger partial charge in [0.15, 0.2) is 0 Å². The molecule has 6 nitrogen and oxygen atoms in total. The highest BCUT2D eigenvalue weighted by Crippen LogP contribution is 2.17. The van der Waals surface area contributed by atoms with Gasteiger partial charge >= 0.3 is 6.09 Å². The summed E-state index contributed by atoms with van der Waals surface area (Å²) in [5.74, 6) is 0.427. The topological polar surface area (TPSA) is 65.3 Å². The van der Waals surface area contributed by atoms with Gasteiger partial charge in [0.2, 0.25) is 0 Å². The molecule has 0 bridgehead atoms. The number of amides is 1. The number of anilines is 1. The van der Waals surface area contributed by atoms with Gasteiger partial charge in [-0.15, -0.1) is 0 Å². The first kappa shape index (κ1) is 18.5. The van der Waals surface area contributed by atoms with Crippen molar-refractivity contribution in [1.82, 2.24) is 9.36 Å². The van der Waals surface area contributed by atoms with Crippen molar-refractivity contribution in [3.8, 4) is 5.69 Å². The Morgan fingerprint density at radius 3 is 2.37 bits per heavy atom. The zero-order chi connectivity index (χ0) is 19.4. The minimum atomic E-state index is -0.596. The molecule has 2 aromatic carbocycles. The van der Waals surface area contributed by atoms with Crippen molar-refractivity contribution in [2.45, 2.75) is 26.4 Å². The quantitative estimate of drug-likeness (QED) is 0.742. The number of hydrogen-bond acceptors (Lipinski definition) is 3. The van der Waals surface area contributed by atoms with E-state index >= 15 is 0 Å². The van der Waals surface area contributed by atoms with Crippen molar-refractivity contribution >= 4 is 11.8 Å². The Bertz CT molecular complexity index is 970. The van der Waals surface area contributed by atoms with Gasteiger partial charge in [0.25, 0.3) is 5.56 Å². The molecule has 0 fully saturated rings. The van der Waals surface area contributed by atoms with Crippen molar-refractivity contribution in [3.05, 3.63) is 82.3 Å². The Kier molecular flexibility index (Phi) is 5.45. The predicted molar refractivity (Wildman–Crippen MR) is 105 cm³/mol. The Balaban J connectivity index is 1.65. The van der Waals surface area contributed by atoms with Gasteiger partial charge in [-0.1, -0.05) is 44.2 Å². The van der Waals surface area contributed by atoms with E-state index in [1.165, 1.54) is 10.2 Å². The average molecular weight is 365 g/mol. The van der Waals surface area contributed by atoms with Crippen LogP contribution in [0.4, 0.5) is 10.5 Å². The van der Waals surface area contributed by atoms with Crippen LogP contribution in [0.5, 0.6) is 0 Å². The lowest BCUT2D eigenvalue weighted by Crippen LogP contribution is -2.22. The fourth-order valence-corrected chi connectivity index (χ4v) is 2.83. The maximum atomic E-state index is 12.6. The van der Waals surface area contributed by atoms with Crippen molar-refractivity contribution in [2.24, 2.45) is 7.05 Å². The number of nitrogens with zero attached hydrogens (tertiary/aromatic N) is 2. The Hall–Kier alpha value is -3.28. The lowest BCUT2D eigenvalue weighted by Gasteiger charge is -2.08. The first-order valence-corrected chi connectivity index (χ1v) is 8.82. The van der Waals surface area contributed by atoms with E-state index in [4.69, 9.17) is 4.74 Å². The number of hydrogen-bond donors (Lipinski definition) is 1. The number of rotatable bonds is 5. The molecule has 1 aromatic heterocycles. The van der Waals surface area contributed by atoms with Crippen LogP contribution in [0.2, 0.25) is 0 Å². The van der Waals surface area contributed by atoms with Crippen LogP contribution in [0.1, 0.15) is 30.9 Å². The van der Waals surface area contributed by atoms with E-state index in [1.807, 2.05) is 54.6 Å². The normalized spacial score (nSPS) is 10.8. The molecule has 0 atom stereocenters. The second-order valence-electron chi connectivity index (χ2n) is 6.66. The minimum Gasteiger partial charge on any atom is -0.444 e. The maximum absolute atomic E-state index is 12.6. The fraction of sp³-hybridized carbons (Fsp3) is 0.238. The molecule has 140 valence electrons. The zero-order valence-corrected chi connectivity index (χ0v) is 15.7. The summed E-state index contributed by atoms with van der Waals surface area (Å²) in [5.41, 5.74) is 2.80. The second kappa shape index (κ2) is 7.95. The van der Waals surface area contributed by atoms with Crippen molar-refractivity contribution < 1.29 is 9.53 Å². The highest BCUT2D eigenvalue weighted by Gasteiger charge is 2.13. The van der Waals surface area contributed by atoms with E-state index in [2.05, 4.69) is 19.2 Å². The van der Waals surface area contributed by atoms with Crippen LogP contribution in [0, 0.1) is 0 Å². The average Bonchev–Trinajstić information content (AvgIpc) is 2.94. The van der Waals surface area contributed by atoms with Gasteiger partial charge in [-0.05, 0) is 35.7 Å². The van der Waals surface area contributed by atoms with E-state index in [1.54, 1.807) is 17.9 Å². The Morgan fingerprint density at radius 1 is 1.07 bits per heavy atom. The number of carbonyl (C=O) groups excluding carboxylic acids is 1. The maximum Gasteiger partial charge on any atom is 0.411 e. The van der Waals surface area contributed by atoms with E-state index in [0.717, 1.165) is 5.69 Å². The summed E-state index contributed by atoms with van der Waals surface area (Å²) < 4.78 is 8.43. The number of benzene rings is 2. The molecular formula is C21H23N3O3. The molecule has 0 saturated carbocycles. The summed E-state index contributed by atoms with van der Waals surface area (Å²) in [5, 5.41) is 2.67. The van der Waals surface area contributed by atoms with Gasteiger partial charge in [-0.3, -0.25) is 14.8 Å². The molecule has 3 aromatic rings. The van der Waals surface area contributed by atoms with Crippen LogP contribution in [-0.2, 0) is 18.4 Å². The zero-order valence-electron chi connectivity index (χ0n) is 15.7. The standard InChI is InChI=1S/C21H23N3O3/c1-15(2)16-9-11-18(12-10-16)22-21(26)27-14-17-13-23(3)24(20(17)25)19-7-5-4-6-8-19/h4-13,15H,14H2,1-3H3,(H,22,26). The summed E-state index contributed by atoms with van der Waals surface area (Å²) in [6.45, 7) is 4.12. The number of carbonyl (C=O) groups is 1. The third-order valence-corrected chi connectivity index (χ3v) is 4.31. The molecule has 0 saturated heterocycles. The molecule has 0 aliphatic carbocycles. The molecule has 0 aliphatic heterocycles. The first-order chi connectivity index (χ1) is 13.0. The number of aryl methyl sites for hydroxylation is 1. The number of aromatic nitrogens is 2. The first-order valence-electron chi connectivity index (χ1n) is 8.82. The van der Waals surface area contributed by atoms with Gasteiger partial charge in [0, 0.05) is 18.9 Å². The van der Waals surface area contributed by atoms with Crippen LogP contribution < -0.4 is 10.9 Å². The van der Waals surface area contributed by atoms with Gasteiger partial charge in [-0.25, -0.2) is 9.48 Å². The third-order valence-electron chi connectivity index (χ3n) is 4.31. The number of para-hydroxylation sites is 1. The molecule has 0 radical (unpaired) electrons. The van der Waals surface area contributed by atoms with E-state index in [-0.39, 0.29) is 12.2 Å².